The summed E-state index contributed by atoms with van der Waals surface area (Å²) in [7, 11) is 0. The van der Waals surface area contributed by atoms with E-state index in [0.717, 1.165) is 25.8 Å². The zero-order valence-electron chi connectivity index (χ0n) is 10.8. The number of aryl methyl sites for hydroxylation is 2. The average Bonchev–Trinajstić information content (AvgIpc) is 2.96. The van der Waals surface area contributed by atoms with Crippen molar-refractivity contribution in [2.24, 2.45) is 5.73 Å². The van der Waals surface area contributed by atoms with Crippen LogP contribution < -0.4 is 5.73 Å². The summed E-state index contributed by atoms with van der Waals surface area (Å²) in [6.45, 7) is 3.01. The number of nitrogens with zero attached hydrogens (tertiary/aromatic N) is 2. The number of rotatable bonds is 3. The Labute approximate surface area is 108 Å². The molecule has 1 unspecified atom stereocenters. The van der Waals surface area contributed by atoms with Crippen molar-refractivity contribution in [3.8, 4) is 0 Å². The zero-order chi connectivity index (χ0) is 12.6. The van der Waals surface area contributed by atoms with Gasteiger partial charge in [-0.25, -0.2) is 0 Å². The minimum Gasteiger partial charge on any atom is -0.321 e. The lowest BCUT2D eigenvalue weighted by Crippen LogP contribution is -2.36. The summed E-state index contributed by atoms with van der Waals surface area (Å²) in [5.74, 6) is 0. The van der Waals surface area contributed by atoms with E-state index in [9.17, 15) is 0 Å². The van der Waals surface area contributed by atoms with Gasteiger partial charge in [-0.15, -0.1) is 0 Å². The fourth-order valence-corrected chi connectivity index (χ4v) is 2.93. The molecule has 0 bridgehead atoms. The Morgan fingerprint density at radius 3 is 3.00 bits per heavy atom. The van der Waals surface area contributed by atoms with Crippen LogP contribution in [0.25, 0.3) is 0 Å². The highest BCUT2D eigenvalue weighted by atomic mass is 15.3. The van der Waals surface area contributed by atoms with Crippen LogP contribution in [0, 0.1) is 0 Å². The van der Waals surface area contributed by atoms with E-state index >= 15 is 0 Å². The molecule has 2 N–H and O–H groups in total. The molecule has 1 atom stereocenters. The fourth-order valence-electron chi connectivity index (χ4n) is 2.93. The Hall–Kier alpha value is -1.61. The van der Waals surface area contributed by atoms with Gasteiger partial charge in [0.25, 0.3) is 0 Å². The first kappa shape index (κ1) is 11.5. The quantitative estimate of drug-likeness (QED) is 0.895. The molecule has 1 aliphatic rings. The molecule has 0 saturated heterocycles. The maximum absolute atomic E-state index is 6.62. The van der Waals surface area contributed by atoms with Crippen LogP contribution in [0.3, 0.4) is 0 Å². The smallest absolute Gasteiger partial charge is 0.0522 e. The Balaban J connectivity index is 1.88. The molecule has 1 aromatic carbocycles. The van der Waals surface area contributed by atoms with Gasteiger partial charge < -0.3 is 5.73 Å². The second kappa shape index (κ2) is 4.25. The zero-order valence-corrected chi connectivity index (χ0v) is 10.8. The predicted molar refractivity (Wildman–Crippen MR) is 72.2 cm³/mol. The summed E-state index contributed by atoms with van der Waals surface area (Å²) in [5, 5.41) is 4.32. The van der Waals surface area contributed by atoms with E-state index in [1.54, 1.807) is 0 Å². The highest BCUT2D eigenvalue weighted by molar-refractivity contribution is 5.39. The third-order valence-electron chi connectivity index (χ3n) is 3.92. The maximum Gasteiger partial charge on any atom is 0.0522 e. The van der Waals surface area contributed by atoms with E-state index in [-0.39, 0.29) is 5.54 Å². The molecule has 18 heavy (non-hydrogen) atoms. The Bertz CT molecular complexity index is 558. The van der Waals surface area contributed by atoms with E-state index in [4.69, 9.17) is 5.73 Å². The van der Waals surface area contributed by atoms with Gasteiger partial charge in [0.1, 0.15) is 0 Å². The summed E-state index contributed by atoms with van der Waals surface area (Å²) in [6.07, 6.45) is 7.05. The van der Waals surface area contributed by atoms with Gasteiger partial charge in [-0.05, 0) is 42.9 Å². The van der Waals surface area contributed by atoms with Gasteiger partial charge in [-0.1, -0.05) is 24.3 Å². The highest BCUT2D eigenvalue weighted by Gasteiger charge is 2.34. The summed E-state index contributed by atoms with van der Waals surface area (Å²) >= 11 is 0. The van der Waals surface area contributed by atoms with Crippen molar-refractivity contribution in [3.63, 3.8) is 0 Å². The van der Waals surface area contributed by atoms with Crippen molar-refractivity contribution in [1.29, 1.82) is 0 Å². The number of nitrogens with two attached hydrogens (primary N) is 1. The van der Waals surface area contributed by atoms with Crippen LogP contribution in [0.2, 0.25) is 0 Å². The van der Waals surface area contributed by atoms with E-state index in [1.165, 1.54) is 16.7 Å². The topological polar surface area (TPSA) is 43.8 Å². The Morgan fingerprint density at radius 1 is 1.39 bits per heavy atom. The molecule has 94 valence electrons. The Kier molecular flexibility index (Phi) is 2.71. The van der Waals surface area contributed by atoms with Crippen LogP contribution in [0.4, 0.5) is 0 Å². The van der Waals surface area contributed by atoms with Gasteiger partial charge in [0.15, 0.2) is 0 Å². The fraction of sp³-hybridized carbons (Fsp3) is 0.400. The third kappa shape index (κ3) is 1.85. The van der Waals surface area contributed by atoms with Crippen LogP contribution in [-0.4, -0.2) is 9.78 Å². The summed E-state index contributed by atoms with van der Waals surface area (Å²) in [6, 6.07) is 8.55. The molecule has 3 heteroatoms. The van der Waals surface area contributed by atoms with E-state index in [1.807, 2.05) is 10.9 Å². The second-order valence-electron chi connectivity index (χ2n) is 5.19. The number of benzene rings is 1. The molecule has 3 rings (SSSR count). The molecule has 3 nitrogen and oxygen atoms in total. The minimum absolute atomic E-state index is 0.210. The maximum atomic E-state index is 6.62. The minimum atomic E-state index is -0.210. The van der Waals surface area contributed by atoms with Crippen molar-refractivity contribution in [2.45, 2.75) is 38.3 Å². The lowest BCUT2D eigenvalue weighted by molar-refractivity contribution is 0.439. The van der Waals surface area contributed by atoms with Crippen LogP contribution in [0.15, 0.2) is 36.7 Å². The number of hydrogen-bond donors (Lipinski definition) is 1. The Morgan fingerprint density at radius 2 is 2.22 bits per heavy atom. The van der Waals surface area contributed by atoms with Crippen LogP contribution in [-0.2, 0) is 24.9 Å². The average molecular weight is 241 g/mol. The monoisotopic (exact) mass is 241 g/mol. The van der Waals surface area contributed by atoms with Crippen molar-refractivity contribution >= 4 is 0 Å². The van der Waals surface area contributed by atoms with Gasteiger partial charge in [-0.2, -0.15) is 5.10 Å². The first-order valence-corrected chi connectivity index (χ1v) is 6.60. The van der Waals surface area contributed by atoms with Crippen molar-refractivity contribution < 1.29 is 0 Å². The second-order valence-corrected chi connectivity index (χ2v) is 5.19. The lowest BCUT2D eigenvalue weighted by Gasteiger charge is -2.24. The lowest BCUT2D eigenvalue weighted by atomic mass is 9.87. The van der Waals surface area contributed by atoms with Gasteiger partial charge in [0, 0.05) is 18.3 Å². The van der Waals surface area contributed by atoms with Crippen LogP contribution >= 0.6 is 0 Å². The van der Waals surface area contributed by atoms with Crippen molar-refractivity contribution in [3.05, 3.63) is 53.3 Å². The van der Waals surface area contributed by atoms with Crippen molar-refractivity contribution in [1.82, 2.24) is 9.78 Å². The van der Waals surface area contributed by atoms with E-state index in [2.05, 4.69) is 42.5 Å². The molecule has 0 fully saturated rings. The number of aromatic nitrogens is 2. The first-order valence-electron chi connectivity index (χ1n) is 6.60. The molecule has 1 aromatic heterocycles. The normalized spacial score (nSPS) is 22.1. The third-order valence-corrected chi connectivity index (χ3v) is 3.92. The van der Waals surface area contributed by atoms with Gasteiger partial charge in [0.05, 0.1) is 6.20 Å². The summed E-state index contributed by atoms with van der Waals surface area (Å²) in [4.78, 5) is 0. The molecular weight excluding hydrogens is 222 g/mol. The molecule has 0 aliphatic heterocycles. The van der Waals surface area contributed by atoms with Crippen LogP contribution in [0.1, 0.15) is 30.0 Å². The largest absolute Gasteiger partial charge is 0.321 e. The molecule has 0 spiro atoms. The highest BCUT2D eigenvalue weighted by Crippen LogP contribution is 2.37. The first-order chi connectivity index (χ1) is 8.71. The molecule has 0 radical (unpaired) electrons. The summed E-state index contributed by atoms with van der Waals surface area (Å²) in [5.41, 5.74) is 10.4. The van der Waals surface area contributed by atoms with E-state index < -0.39 is 0 Å². The van der Waals surface area contributed by atoms with Gasteiger partial charge in [0.2, 0.25) is 0 Å². The molecular formula is C15H19N3. The van der Waals surface area contributed by atoms with Gasteiger partial charge >= 0.3 is 0 Å². The molecule has 0 saturated carbocycles. The SMILES string of the molecule is CCn1cc(CC2(N)CCc3ccccc32)cn1. The molecule has 0 amide bonds. The summed E-state index contributed by atoms with van der Waals surface area (Å²) < 4.78 is 1.96. The van der Waals surface area contributed by atoms with Crippen LogP contribution in [0.5, 0.6) is 0 Å². The molecule has 2 aromatic rings. The predicted octanol–water partition coefficient (Wildman–Crippen LogP) is 2.25. The van der Waals surface area contributed by atoms with Crippen molar-refractivity contribution in [2.75, 3.05) is 0 Å². The number of fused-ring (bicyclic) bond motifs is 1. The molecule has 1 aliphatic carbocycles. The molecule has 1 heterocycles. The van der Waals surface area contributed by atoms with Gasteiger partial charge in [-0.3, -0.25) is 4.68 Å². The number of hydrogen-bond acceptors (Lipinski definition) is 2. The van der Waals surface area contributed by atoms with E-state index in [0.29, 0.717) is 0 Å². The standard InChI is InChI=1S/C15H19N3/c1-2-18-11-12(10-17-18)9-15(16)8-7-13-5-3-4-6-14(13)15/h3-6,10-11H,2,7-9,16H2,1H3.